The third-order valence-electron chi connectivity index (χ3n) is 4.97. The lowest BCUT2D eigenvalue weighted by molar-refractivity contribution is 0.191. The van der Waals surface area contributed by atoms with Crippen LogP contribution in [-0.2, 0) is 6.61 Å². The van der Waals surface area contributed by atoms with Gasteiger partial charge in [-0.05, 0) is 36.0 Å². The second-order valence-electron chi connectivity index (χ2n) is 6.50. The molecule has 0 spiro atoms. The Balaban J connectivity index is 1.75. The van der Waals surface area contributed by atoms with Crippen molar-refractivity contribution >= 4 is 0 Å². The summed E-state index contributed by atoms with van der Waals surface area (Å²) in [6.07, 6.45) is 6.35. The summed E-state index contributed by atoms with van der Waals surface area (Å²) in [4.78, 5) is 0. The van der Waals surface area contributed by atoms with Gasteiger partial charge >= 0.3 is 0 Å². The summed E-state index contributed by atoms with van der Waals surface area (Å²) in [5.74, 6) is 1.69. The zero-order valence-corrected chi connectivity index (χ0v) is 13.7. The molecule has 2 aromatic rings. The summed E-state index contributed by atoms with van der Waals surface area (Å²) in [7, 11) is 0. The highest BCUT2D eigenvalue weighted by molar-refractivity contribution is 5.37. The van der Waals surface area contributed by atoms with Crippen LogP contribution < -0.4 is 4.74 Å². The number of benzene rings is 2. The molecule has 1 N–H and O–H groups in total. The predicted octanol–water partition coefficient (Wildman–Crippen LogP) is 4.92. The molecule has 0 bridgehead atoms. The molecule has 122 valence electrons. The molecule has 1 aliphatic rings. The zero-order valence-electron chi connectivity index (χ0n) is 13.7. The van der Waals surface area contributed by atoms with Gasteiger partial charge in [-0.15, -0.1) is 0 Å². The molecule has 0 aliphatic heterocycles. The Morgan fingerprint density at radius 1 is 0.913 bits per heavy atom. The summed E-state index contributed by atoms with van der Waals surface area (Å²) in [6, 6.07) is 18.4. The van der Waals surface area contributed by atoms with Crippen LogP contribution in [0.25, 0.3) is 0 Å². The Morgan fingerprint density at radius 2 is 1.61 bits per heavy atom. The Kier molecular flexibility index (Phi) is 5.71. The molecule has 2 heteroatoms. The van der Waals surface area contributed by atoms with Crippen molar-refractivity contribution in [2.24, 2.45) is 5.92 Å². The van der Waals surface area contributed by atoms with Gasteiger partial charge < -0.3 is 9.84 Å². The third kappa shape index (κ3) is 4.14. The summed E-state index contributed by atoms with van der Waals surface area (Å²) < 4.78 is 6.09. The lowest BCUT2D eigenvalue weighted by atomic mass is 9.77. The minimum absolute atomic E-state index is 0.197. The van der Waals surface area contributed by atoms with Crippen LogP contribution in [0.5, 0.6) is 5.75 Å². The molecule has 3 rings (SSSR count). The zero-order chi connectivity index (χ0) is 15.9. The van der Waals surface area contributed by atoms with Gasteiger partial charge in [-0.2, -0.15) is 0 Å². The van der Waals surface area contributed by atoms with Crippen molar-refractivity contribution in [3.05, 3.63) is 65.7 Å². The smallest absolute Gasteiger partial charge is 0.123 e. The van der Waals surface area contributed by atoms with Gasteiger partial charge in [0.1, 0.15) is 12.4 Å². The van der Waals surface area contributed by atoms with Crippen molar-refractivity contribution in [2.45, 2.75) is 44.6 Å². The number of ether oxygens (including phenoxy) is 1. The van der Waals surface area contributed by atoms with Gasteiger partial charge in [0.25, 0.3) is 0 Å². The van der Waals surface area contributed by atoms with E-state index in [4.69, 9.17) is 4.74 Å². The van der Waals surface area contributed by atoms with Crippen LogP contribution in [0.15, 0.2) is 54.6 Å². The molecule has 2 aromatic carbocycles. The third-order valence-corrected chi connectivity index (χ3v) is 4.97. The Bertz CT molecular complexity index is 588. The van der Waals surface area contributed by atoms with Crippen LogP contribution in [-0.4, -0.2) is 11.7 Å². The number of hydrogen-bond donors (Lipinski definition) is 1. The first-order chi connectivity index (χ1) is 11.4. The number of aliphatic hydroxyl groups excluding tert-OH is 1. The standard InChI is InChI=1S/C21H26O2/c22-15-20(18-11-5-2-6-12-18)19-13-7-8-14-21(19)23-16-17-9-3-1-4-10-17/h1,3-4,7-10,13-14,18,20,22H,2,5-6,11-12,15-16H2. The van der Waals surface area contributed by atoms with Crippen LogP contribution in [0.1, 0.15) is 49.1 Å². The van der Waals surface area contributed by atoms with E-state index in [9.17, 15) is 5.11 Å². The van der Waals surface area contributed by atoms with Crippen molar-refractivity contribution < 1.29 is 9.84 Å². The summed E-state index contributed by atoms with van der Waals surface area (Å²) in [5, 5.41) is 9.99. The highest BCUT2D eigenvalue weighted by Crippen LogP contribution is 2.39. The highest BCUT2D eigenvalue weighted by atomic mass is 16.5. The summed E-state index contributed by atoms with van der Waals surface area (Å²) in [5.41, 5.74) is 2.33. The van der Waals surface area contributed by atoms with E-state index in [1.807, 2.05) is 30.3 Å². The summed E-state index contributed by atoms with van der Waals surface area (Å²) >= 11 is 0. The van der Waals surface area contributed by atoms with Gasteiger partial charge in [-0.25, -0.2) is 0 Å². The average Bonchev–Trinajstić information content (AvgIpc) is 2.63. The fourth-order valence-electron chi connectivity index (χ4n) is 3.69. The molecule has 0 heterocycles. The van der Waals surface area contributed by atoms with Gasteiger partial charge in [-0.3, -0.25) is 0 Å². The van der Waals surface area contributed by atoms with E-state index in [1.54, 1.807) is 0 Å². The fourth-order valence-corrected chi connectivity index (χ4v) is 3.69. The lowest BCUT2D eigenvalue weighted by Gasteiger charge is -2.30. The maximum atomic E-state index is 9.99. The van der Waals surface area contributed by atoms with Crippen LogP contribution in [0.3, 0.4) is 0 Å². The molecule has 0 radical (unpaired) electrons. The molecule has 1 atom stereocenters. The lowest BCUT2D eigenvalue weighted by Crippen LogP contribution is -2.20. The van der Waals surface area contributed by atoms with Crippen LogP contribution >= 0.6 is 0 Å². The van der Waals surface area contributed by atoms with Gasteiger partial charge in [0.2, 0.25) is 0 Å². The Morgan fingerprint density at radius 3 is 2.35 bits per heavy atom. The molecule has 2 nitrogen and oxygen atoms in total. The molecule has 0 aromatic heterocycles. The second-order valence-corrected chi connectivity index (χ2v) is 6.50. The number of rotatable bonds is 6. The average molecular weight is 310 g/mol. The normalized spacial score (nSPS) is 16.9. The minimum atomic E-state index is 0.197. The molecule has 0 amide bonds. The molecule has 23 heavy (non-hydrogen) atoms. The molecule has 1 unspecified atom stereocenters. The van der Waals surface area contributed by atoms with Crippen LogP contribution in [0.4, 0.5) is 0 Å². The summed E-state index contributed by atoms with van der Waals surface area (Å²) in [6.45, 7) is 0.775. The molecular formula is C21H26O2. The van der Waals surface area contributed by atoms with Gasteiger partial charge in [0.05, 0.1) is 6.61 Å². The first-order valence-electron chi connectivity index (χ1n) is 8.75. The molecule has 1 saturated carbocycles. The molecule has 1 fully saturated rings. The van der Waals surface area contributed by atoms with E-state index in [2.05, 4.69) is 24.3 Å². The molecular weight excluding hydrogens is 284 g/mol. The van der Waals surface area contributed by atoms with E-state index in [0.717, 1.165) is 11.3 Å². The highest BCUT2D eigenvalue weighted by Gasteiger charge is 2.26. The van der Waals surface area contributed by atoms with Gasteiger partial charge in [0, 0.05) is 5.92 Å². The number of aliphatic hydroxyl groups is 1. The van der Waals surface area contributed by atoms with Crippen LogP contribution in [0, 0.1) is 5.92 Å². The first-order valence-corrected chi connectivity index (χ1v) is 8.75. The van der Waals surface area contributed by atoms with Crippen LogP contribution in [0.2, 0.25) is 0 Å². The van der Waals surface area contributed by atoms with Crippen molar-refractivity contribution in [3.8, 4) is 5.75 Å². The monoisotopic (exact) mass is 310 g/mol. The maximum Gasteiger partial charge on any atom is 0.123 e. The second kappa shape index (κ2) is 8.16. The van der Waals surface area contributed by atoms with E-state index in [-0.39, 0.29) is 12.5 Å². The van der Waals surface area contributed by atoms with Crippen molar-refractivity contribution in [2.75, 3.05) is 6.61 Å². The van der Waals surface area contributed by atoms with E-state index >= 15 is 0 Å². The SMILES string of the molecule is OCC(c1ccccc1OCc1ccccc1)C1CCCCC1. The largest absolute Gasteiger partial charge is 0.489 e. The van der Waals surface area contributed by atoms with E-state index in [1.165, 1.54) is 37.7 Å². The topological polar surface area (TPSA) is 29.5 Å². The van der Waals surface area contributed by atoms with Gasteiger partial charge in [0.15, 0.2) is 0 Å². The Hall–Kier alpha value is -1.80. The predicted molar refractivity (Wildman–Crippen MR) is 93.6 cm³/mol. The maximum absolute atomic E-state index is 9.99. The van der Waals surface area contributed by atoms with E-state index < -0.39 is 0 Å². The molecule has 1 aliphatic carbocycles. The first kappa shape index (κ1) is 16.1. The minimum Gasteiger partial charge on any atom is -0.489 e. The Labute approximate surface area is 139 Å². The fraction of sp³-hybridized carbons (Fsp3) is 0.429. The van der Waals surface area contributed by atoms with E-state index in [0.29, 0.717) is 12.5 Å². The van der Waals surface area contributed by atoms with Crippen molar-refractivity contribution in [1.29, 1.82) is 0 Å². The molecule has 0 saturated heterocycles. The number of hydrogen-bond acceptors (Lipinski definition) is 2. The number of para-hydroxylation sites is 1. The van der Waals surface area contributed by atoms with Crippen molar-refractivity contribution in [3.63, 3.8) is 0 Å². The quantitative estimate of drug-likeness (QED) is 0.820. The van der Waals surface area contributed by atoms with Crippen molar-refractivity contribution in [1.82, 2.24) is 0 Å². The van der Waals surface area contributed by atoms with Gasteiger partial charge in [-0.1, -0.05) is 67.8 Å².